The molecule has 0 spiro atoms. The summed E-state index contributed by atoms with van der Waals surface area (Å²) in [7, 11) is 1.75. The van der Waals surface area contributed by atoms with E-state index < -0.39 is 0 Å². The first-order valence-corrected chi connectivity index (χ1v) is 7.50. The number of methoxy groups -OCH3 is 1. The van der Waals surface area contributed by atoms with Gasteiger partial charge in [0.25, 0.3) is 0 Å². The standard InChI is InChI=1S/C18H22N2O/c1-21-18-10-6-5-9-16(18)17-13-19-11-12-20(17)14-15-7-3-2-4-8-15/h2-10,17,19H,11-14H2,1H3. The Balaban J connectivity index is 1.84. The monoisotopic (exact) mass is 282 g/mol. The SMILES string of the molecule is COc1ccccc1C1CNCCN1Cc1ccccc1. The van der Waals surface area contributed by atoms with E-state index in [1.807, 2.05) is 12.1 Å². The fourth-order valence-corrected chi connectivity index (χ4v) is 3.00. The highest BCUT2D eigenvalue weighted by atomic mass is 16.5. The Labute approximate surface area is 126 Å². The Bertz CT molecular complexity index is 570. The molecule has 0 aromatic heterocycles. The predicted octanol–water partition coefficient (Wildman–Crippen LogP) is 2.84. The van der Waals surface area contributed by atoms with Gasteiger partial charge in [0.2, 0.25) is 0 Å². The average molecular weight is 282 g/mol. The van der Waals surface area contributed by atoms with Crippen molar-refractivity contribution in [3.05, 3.63) is 65.7 Å². The molecule has 1 heterocycles. The maximum absolute atomic E-state index is 5.54. The van der Waals surface area contributed by atoms with Gasteiger partial charge in [-0.05, 0) is 11.6 Å². The number of piperazine rings is 1. The predicted molar refractivity (Wildman–Crippen MR) is 85.5 cm³/mol. The van der Waals surface area contributed by atoms with Crippen molar-refractivity contribution in [3.63, 3.8) is 0 Å². The van der Waals surface area contributed by atoms with Gasteiger partial charge in [0.15, 0.2) is 0 Å². The third kappa shape index (κ3) is 3.26. The molecule has 0 saturated carbocycles. The van der Waals surface area contributed by atoms with E-state index in [0.717, 1.165) is 31.9 Å². The minimum Gasteiger partial charge on any atom is -0.496 e. The summed E-state index contributed by atoms with van der Waals surface area (Å²) in [4.78, 5) is 2.53. The smallest absolute Gasteiger partial charge is 0.123 e. The van der Waals surface area contributed by atoms with E-state index in [2.05, 4.69) is 52.7 Å². The normalized spacial score (nSPS) is 19.4. The number of nitrogens with one attached hydrogen (secondary N) is 1. The van der Waals surface area contributed by atoms with Gasteiger partial charge < -0.3 is 10.1 Å². The molecule has 3 heteroatoms. The van der Waals surface area contributed by atoms with Crippen LogP contribution in [0.2, 0.25) is 0 Å². The van der Waals surface area contributed by atoms with Gasteiger partial charge in [-0.2, -0.15) is 0 Å². The second-order valence-corrected chi connectivity index (χ2v) is 5.42. The third-order valence-corrected chi connectivity index (χ3v) is 4.08. The first-order chi connectivity index (χ1) is 10.4. The zero-order chi connectivity index (χ0) is 14.5. The summed E-state index contributed by atoms with van der Waals surface area (Å²) in [6.07, 6.45) is 0. The number of nitrogens with zero attached hydrogens (tertiary/aromatic N) is 1. The summed E-state index contributed by atoms with van der Waals surface area (Å²) in [5.74, 6) is 0.976. The van der Waals surface area contributed by atoms with E-state index in [4.69, 9.17) is 4.74 Å². The van der Waals surface area contributed by atoms with E-state index in [0.29, 0.717) is 6.04 Å². The zero-order valence-corrected chi connectivity index (χ0v) is 12.5. The van der Waals surface area contributed by atoms with Crippen LogP contribution in [0.1, 0.15) is 17.2 Å². The lowest BCUT2D eigenvalue weighted by Gasteiger charge is -2.37. The topological polar surface area (TPSA) is 24.5 Å². The van der Waals surface area contributed by atoms with Gasteiger partial charge in [-0.15, -0.1) is 0 Å². The first-order valence-electron chi connectivity index (χ1n) is 7.50. The molecule has 1 aliphatic heterocycles. The molecule has 3 rings (SSSR count). The highest BCUT2D eigenvalue weighted by molar-refractivity contribution is 5.36. The van der Waals surface area contributed by atoms with Crippen molar-refractivity contribution in [1.29, 1.82) is 0 Å². The molecule has 1 aliphatic rings. The number of hydrogen-bond acceptors (Lipinski definition) is 3. The molecule has 1 saturated heterocycles. The van der Waals surface area contributed by atoms with Crippen molar-refractivity contribution in [1.82, 2.24) is 10.2 Å². The largest absolute Gasteiger partial charge is 0.496 e. The van der Waals surface area contributed by atoms with Crippen molar-refractivity contribution in [3.8, 4) is 5.75 Å². The van der Waals surface area contributed by atoms with Gasteiger partial charge in [0.05, 0.1) is 13.2 Å². The molecule has 21 heavy (non-hydrogen) atoms. The van der Waals surface area contributed by atoms with Gasteiger partial charge in [-0.25, -0.2) is 0 Å². The Morgan fingerprint density at radius 1 is 1.10 bits per heavy atom. The maximum Gasteiger partial charge on any atom is 0.123 e. The lowest BCUT2D eigenvalue weighted by atomic mass is 10.0. The fourth-order valence-electron chi connectivity index (χ4n) is 3.00. The third-order valence-electron chi connectivity index (χ3n) is 4.08. The van der Waals surface area contributed by atoms with Gasteiger partial charge in [0.1, 0.15) is 5.75 Å². The van der Waals surface area contributed by atoms with Crippen LogP contribution in [0.4, 0.5) is 0 Å². The lowest BCUT2D eigenvalue weighted by molar-refractivity contribution is 0.151. The molecule has 0 bridgehead atoms. The molecule has 3 nitrogen and oxygen atoms in total. The van der Waals surface area contributed by atoms with Crippen LogP contribution in [0.3, 0.4) is 0 Å². The van der Waals surface area contributed by atoms with E-state index >= 15 is 0 Å². The molecular weight excluding hydrogens is 260 g/mol. The molecule has 0 amide bonds. The van der Waals surface area contributed by atoms with Crippen LogP contribution in [0.15, 0.2) is 54.6 Å². The number of para-hydroxylation sites is 1. The van der Waals surface area contributed by atoms with Crippen LogP contribution >= 0.6 is 0 Å². The highest BCUT2D eigenvalue weighted by Crippen LogP contribution is 2.30. The summed E-state index contributed by atoms with van der Waals surface area (Å²) in [5, 5.41) is 3.50. The molecule has 1 fully saturated rings. The van der Waals surface area contributed by atoms with Crippen LogP contribution in [-0.2, 0) is 6.54 Å². The molecular formula is C18H22N2O. The van der Waals surface area contributed by atoms with Crippen LogP contribution in [0.25, 0.3) is 0 Å². The first kappa shape index (κ1) is 14.1. The average Bonchev–Trinajstić information content (AvgIpc) is 2.56. The summed E-state index contributed by atoms with van der Waals surface area (Å²) in [6, 6.07) is 19.4. The number of ether oxygens (including phenoxy) is 1. The van der Waals surface area contributed by atoms with Crippen molar-refractivity contribution >= 4 is 0 Å². The Morgan fingerprint density at radius 2 is 1.86 bits per heavy atom. The molecule has 110 valence electrons. The number of hydrogen-bond donors (Lipinski definition) is 1. The van der Waals surface area contributed by atoms with Gasteiger partial charge in [0, 0.05) is 31.7 Å². The molecule has 2 aromatic carbocycles. The summed E-state index contributed by atoms with van der Waals surface area (Å²) >= 11 is 0. The Hall–Kier alpha value is -1.84. The van der Waals surface area contributed by atoms with Crippen LogP contribution in [0, 0.1) is 0 Å². The molecule has 1 atom stereocenters. The van der Waals surface area contributed by atoms with Gasteiger partial charge in [-0.3, -0.25) is 4.90 Å². The molecule has 0 radical (unpaired) electrons. The second kappa shape index (κ2) is 6.74. The quantitative estimate of drug-likeness (QED) is 0.933. The van der Waals surface area contributed by atoms with Crippen molar-refractivity contribution in [2.75, 3.05) is 26.7 Å². The lowest BCUT2D eigenvalue weighted by Crippen LogP contribution is -2.45. The molecule has 0 aliphatic carbocycles. The van der Waals surface area contributed by atoms with Gasteiger partial charge >= 0.3 is 0 Å². The number of benzene rings is 2. The van der Waals surface area contributed by atoms with Gasteiger partial charge in [-0.1, -0.05) is 48.5 Å². The van der Waals surface area contributed by atoms with E-state index in [1.54, 1.807) is 7.11 Å². The van der Waals surface area contributed by atoms with E-state index in [1.165, 1.54) is 11.1 Å². The van der Waals surface area contributed by atoms with E-state index in [9.17, 15) is 0 Å². The second-order valence-electron chi connectivity index (χ2n) is 5.42. The Kier molecular flexibility index (Phi) is 4.53. The molecule has 1 N–H and O–H groups in total. The molecule has 1 unspecified atom stereocenters. The molecule has 2 aromatic rings. The maximum atomic E-state index is 5.54. The van der Waals surface area contributed by atoms with E-state index in [-0.39, 0.29) is 0 Å². The van der Waals surface area contributed by atoms with Crippen LogP contribution < -0.4 is 10.1 Å². The zero-order valence-electron chi connectivity index (χ0n) is 12.5. The summed E-state index contributed by atoms with van der Waals surface area (Å²) in [6.45, 7) is 4.04. The number of rotatable bonds is 4. The summed E-state index contributed by atoms with van der Waals surface area (Å²) in [5.41, 5.74) is 2.63. The van der Waals surface area contributed by atoms with Crippen molar-refractivity contribution in [2.24, 2.45) is 0 Å². The van der Waals surface area contributed by atoms with Crippen molar-refractivity contribution in [2.45, 2.75) is 12.6 Å². The summed E-state index contributed by atoms with van der Waals surface area (Å²) < 4.78 is 5.54. The minimum absolute atomic E-state index is 0.357. The van der Waals surface area contributed by atoms with Crippen LogP contribution in [0.5, 0.6) is 5.75 Å². The van der Waals surface area contributed by atoms with Crippen molar-refractivity contribution < 1.29 is 4.74 Å². The minimum atomic E-state index is 0.357. The fraction of sp³-hybridized carbons (Fsp3) is 0.333. The van der Waals surface area contributed by atoms with Crippen LogP contribution in [-0.4, -0.2) is 31.6 Å². The Morgan fingerprint density at radius 3 is 2.67 bits per heavy atom. The highest BCUT2D eigenvalue weighted by Gasteiger charge is 2.25.